The Bertz CT molecular complexity index is 1140. The Morgan fingerprint density at radius 1 is 1.12 bits per heavy atom. The minimum absolute atomic E-state index is 0.112. The van der Waals surface area contributed by atoms with E-state index >= 15 is 0 Å². The normalized spacial score (nSPS) is 18.1. The molecule has 2 aliphatic rings. The van der Waals surface area contributed by atoms with Crippen molar-refractivity contribution in [2.45, 2.75) is 58.2 Å². The summed E-state index contributed by atoms with van der Waals surface area (Å²) in [5.74, 6) is -0.969. The Kier molecular flexibility index (Phi) is 5.93. The first-order chi connectivity index (χ1) is 15.6. The lowest BCUT2D eigenvalue weighted by molar-refractivity contribution is -0.136. The van der Waals surface area contributed by atoms with Crippen LogP contribution in [-0.2, 0) is 28.1 Å². The van der Waals surface area contributed by atoms with Gasteiger partial charge in [-0.2, -0.15) is 0 Å². The summed E-state index contributed by atoms with van der Waals surface area (Å²) in [5, 5.41) is 8.06. The predicted molar refractivity (Wildman–Crippen MR) is 123 cm³/mol. The second-order valence-corrected chi connectivity index (χ2v) is 9.49. The number of imide groups is 1. The highest BCUT2D eigenvalue weighted by Gasteiger charge is 2.39. The SMILES string of the molecule is CC(C)(C)c1ccccc1NC(=O)NCc1ccc2c(c1)C(=O)N(C1CCC(=O)NC1=O)C2. The van der Waals surface area contributed by atoms with Crippen LogP contribution in [0.5, 0.6) is 0 Å². The van der Waals surface area contributed by atoms with Crippen LogP contribution in [0.25, 0.3) is 0 Å². The van der Waals surface area contributed by atoms with Gasteiger partial charge in [0.25, 0.3) is 5.91 Å². The number of carbonyl (C=O) groups is 4. The Hall–Kier alpha value is -3.68. The van der Waals surface area contributed by atoms with E-state index in [1.807, 2.05) is 36.4 Å². The monoisotopic (exact) mass is 448 g/mol. The number of nitrogens with zero attached hydrogens (tertiary/aromatic N) is 1. The van der Waals surface area contributed by atoms with Crippen molar-refractivity contribution in [1.82, 2.24) is 15.5 Å². The quantitative estimate of drug-likeness (QED) is 0.625. The van der Waals surface area contributed by atoms with Gasteiger partial charge in [-0.3, -0.25) is 19.7 Å². The number of nitrogens with one attached hydrogen (secondary N) is 3. The van der Waals surface area contributed by atoms with E-state index < -0.39 is 11.9 Å². The van der Waals surface area contributed by atoms with Gasteiger partial charge in [0, 0.05) is 30.8 Å². The summed E-state index contributed by atoms with van der Waals surface area (Å²) in [6.07, 6.45) is 0.550. The van der Waals surface area contributed by atoms with Gasteiger partial charge in [0.2, 0.25) is 11.8 Å². The number of benzene rings is 2. The first-order valence-corrected chi connectivity index (χ1v) is 11.0. The summed E-state index contributed by atoms with van der Waals surface area (Å²) < 4.78 is 0. The van der Waals surface area contributed by atoms with E-state index in [4.69, 9.17) is 0 Å². The summed E-state index contributed by atoms with van der Waals surface area (Å²) in [5.41, 5.74) is 3.82. The number of carbonyl (C=O) groups excluding carboxylic acids is 4. The zero-order chi connectivity index (χ0) is 23.8. The van der Waals surface area contributed by atoms with Crippen LogP contribution < -0.4 is 16.0 Å². The molecule has 4 rings (SSSR count). The number of anilines is 1. The second-order valence-electron chi connectivity index (χ2n) is 9.49. The Morgan fingerprint density at radius 3 is 2.61 bits per heavy atom. The lowest BCUT2D eigenvalue weighted by Gasteiger charge is -2.29. The average molecular weight is 449 g/mol. The molecule has 0 aromatic heterocycles. The molecule has 0 bridgehead atoms. The van der Waals surface area contributed by atoms with E-state index in [9.17, 15) is 19.2 Å². The van der Waals surface area contributed by atoms with Crippen LogP contribution in [0, 0.1) is 0 Å². The van der Waals surface area contributed by atoms with E-state index in [1.165, 1.54) is 4.90 Å². The summed E-state index contributed by atoms with van der Waals surface area (Å²) in [6.45, 7) is 6.85. The maximum atomic E-state index is 12.9. The largest absolute Gasteiger partial charge is 0.334 e. The topological polar surface area (TPSA) is 108 Å². The number of hydrogen-bond acceptors (Lipinski definition) is 4. The van der Waals surface area contributed by atoms with Gasteiger partial charge in [-0.1, -0.05) is 51.1 Å². The molecule has 0 aliphatic carbocycles. The third-order valence-electron chi connectivity index (χ3n) is 6.03. The van der Waals surface area contributed by atoms with Gasteiger partial charge < -0.3 is 15.5 Å². The summed E-state index contributed by atoms with van der Waals surface area (Å²) in [7, 11) is 0. The standard InChI is InChI=1S/C25H28N4O4/c1-25(2,3)18-6-4-5-7-19(18)27-24(33)26-13-15-8-9-16-14-29(23(32)17(16)12-15)20-10-11-21(30)28-22(20)31/h4-9,12,20H,10-11,13-14H2,1-3H3,(H2,26,27,33)(H,28,30,31). The van der Waals surface area contributed by atoms with Gasteiger partial charge in [0.1, 0.15) is 6.04 Å². The maximum Gasteiger partial charge on any atom is 0.319 e. The molecule has 1 unspecified atom stereocenters. The lowest BCUT2D eigenvalue weighted by atomic mass is 9.86. The molecule has 0 radical (unpaired) electrons. The third kappa shape index (κ3) is 4.74. The van der Waals surface area contributed by atoms with E-state index in [2.05, 4.69) is 36.7 Å². The fourth-order valence-corrected chi connectivity index (χ4v) is 4.31. The van der Waals surface area contributed by atoms with Gasteiger partial charge in [0.05, 0.1) is 0 Å². The Morgan fingerprint density at radius 2 is 1.88 bits per heavy atom. The Labute approximate surface area is 192 Å². The van der Waals surface area contributed by atoms with Crippen molar-refractivity contribution in [3.8, 4) is 0 Å². The Balaban J connectivity index is 1.40. The van der Waals surface area contributed by atoms with Crippen LogP contribution in [0.3, 0.4) is 0 Å². The molecule has 8 heteroatoms. The van der Waals surface area contributed by atoms with Gasteiger partial charge >= 0.3 is 6.03 Å². The third-order valence-corrected chi connectivity index (χ3v) is 6.03. The molecule has 5 amide bonds. The zero-order valence-corrected chi connectivity index (χ0v) is 19.0. The fourth-order valence-electron chi connectivity index (χ4n) is 4.31. The van der Waals surface area contributed by atoms with Crippen molar-refractivity contribution in [2.24, 2.45) is 0 Å². The minimum atomic E-state index is -0.641. The van der Waals surface area contributed by atoms with Crippen LogP contribution >= 0.6 is 0 Å². The summed E-state index contributed by atoms with van der Waals surface area (Å²) in [6, 6.07) is 12.2. The maximum absolute atomic E-state index is 12.9. The summed E-state index contributed by atoms with van der Waals surface area (Å²) >= 11 is 0. The second kappa shape index (κ2) is 8.69. The molecular weight excluding hydrogens is 420 g/mol. The molecule has 3 N–H and O–H groups in total. The van der Waals surface area contributed by atoms with E-state index in [0.29, 0.717) is 18.5 Å². The van der Waals surface area contributed by atoms with Crippen LogP contribution in [0.2, 0.25) is 0 Å². The number of para-hydroxylation sites is 1. The first kappa shape index (κ1) is 22.5. The molecular formula is C25H28N4O4. The molecule has 1 fully saturated rings. The van der Waals surface area contributed by atoms with Crippen LogP contribution in [0.4, 0.5) is 10.5 Å². The predicted octanol–water partition coefficient (Wildman–Crippen LogP) is 3.07. The highest BCUT2D eigenvalue weighted by atomic mass is 16.2. The van der Waals surface area contributed by atoms with Gasteiger partial charge in [0.15, 0.2) is 0 Å². The molecule has 2 aromatic carbocycles. The van der Waals surface area contributed by atoms with E-state index in [0.717, 1.165) is 22.4 Å². The van der Waals surface area contributed by atoms with Crippen molar-refractivity contribution in [3.05, 3.63) is 64.7 Å². The average Bonchev–Trinajstić information content (AvgIpc) is 3.08. The highest BCUT2D eigenvalue weighted by Crippen LogP contribution is 2.30. The van der Waals surface area contributed by atoms with Crippen molar-refractivity contribution in [1.29, 1.82) is 0 Å². The van der Waals surface area contributed by atoms with Crippen molar-refractivity contribution < 1.29 is 19.2 Å². The van der Waals surface area contributed by atoms with Crippen LogP contribution in [0.1, 0.15) is 60.7 Å². The van der Waals surface area contributed by atoms with E-state index in [1.54, 1.807) is 6.07 Å². The molecule has 2 aliphatic heterocycles. The fraction of sp³-hybridized carbons (Fsp3) is 0.360. The molecule has 0 spiro atoms. The van der Waals surface area contributed by atoms with Crippen molar-refractivity contribution in [3.63, 3.8) is 0 Å². The number of piperidine rings is 1. The van der Waals surface area contributed by atoms with Crippen LogP contribution in [-0.4, -0.2) is 34.7 Å². The molecule has 33 heavy (non-hydrogen) atoms. The number of rotatable bonds is 4. The van der Waals surface area contributed by atoms with Gasteiger partial charge in [-0.15, -0.1) is 0 Å². The smallest absolute Gasteiger partial charge is 0.319 e. The van der Waals surface area contributed by atoms with Gasteiger partial charge in [-0.05, 0) is 40.7 Å². The molecule has 2 aromatic rings. The van der Waals surface area contributed by atoms with Crippen molar-refractivity contribution >= 4 is 29.4 Å². The molecule has 8 nitrogen and oxygen atoms in total. The number of amides is 5. The minimum Gasteiger partial charge on any atom is -0.334 e. The molecule has 172 valence electrons. The summed E-state index contributed by atoms with van der Waals surface area (Å²) in [4.78, 5) is 50.6. The zero-order valence-electron chi connectivity index (χ0n) is 19.0. The van der Waals surface area contributed by atoms with E-state index in [-0.39, 0.29) is 36.2 Å². The molecule has 0 saturated carbocycles. The van der Waals surface area contributed by atoms with Gasteiger partial charge in [-0.25, -0.2) is 4.79 Å². The number of urea groups is 1. The molecule has 1 saturated heterocycles. The number of fused-ring (bicyclic) bond motifs is 1. The van der Waals surface area contributed by atoms with Crippen molar-refractivity contribution in [2.75, 3.05) is 5.32 Å². The first-order valence-electron chi connectivity index (χ1n) is 11.0. The lowest BCUT2D eigenvalue weighted by Crippen LogP contribution is -2.52. The van der Waals surface area contributed by atoms with Crippen LogP contribution in [0.15, 0.2) is 42.5 Å². The number of hydrogen-bond donors (Lipinski definition) is 3. The molecule has 1 atom stereocenters. The highest BCUT2D eigenvalue weighted by molar-refractivity contribution is 6.05. The molecule has 2 heterocycles.